The number of piperidine rings is 1. The Bertz CT molecular complexity index is 832. The molecule has 0 saturated carbocycles. The minimum absolute atomic E-state index is 0.157. The second kappa shape index (κ2) is 7.35. The molecule has 0 spiro atoms. The molecule has 3 amide bonds. The largest absolute Gasteiger partial charge is 0.444 e. The Morgan fingerprint density at radius 3 is 2.59 bits per heavy atom. The van der Waals surface area contributed by atoms with Crippen LogP contribution in [0, 0.1) is 0 Å². The molecule has 0 aliphatic carbocycles. The normalized spacial score (nSPS) is 27.1. The van der Waals surface area contributed by atoms with Crippen molar-refractivity contribution >= 4 is 23.6 Å². The lowest BCUT2D eigenvalue weighted by molar-refractivity contribution is -0.134. The van der Waals surface area contributed by atoms with Gasteiger partial charge in [-0.1, -0.05) is 12.1 Å². The van der Waals surface area contributed by atoms with Crippen LogP contribution in [-0.2, 0) is 14.3 Å². The molecule has 0 bridgehead atoms. The van der Waals surface area contributed by atoms with Crippen molar-refractivity contribution in [1.82, 2.24) is 10.2 Å². The van der Waals surface area contributed by atoms with Gasteiger partial charge in [-0.15, -0.1) is 0 Å². The van der Waals surface area contributed by atoms with Gasteiger partial charge in [-0.2, -0.15) is 0 Å². The van der Waals surface area contributed by atoms with E-state index in [4.69, 9.17) is 4.74 Å². The summed E-state index contributed by atoms with van der Waals surface area (Å²) in [6.07, 6.45) is 2.51. The fourth-order valence-electron chi connectivity index (χ4n) is 4.79. The molecule has 1 unspecified atom stereocenters. The Morgan fingerprint density at radius 2 is 1.86 bits per heavy atom. The number of hydrogen-bond donors (Lipinski definition) is 1. The van der Waals surface area contributed by atoms with E-state index in [-0.39, 0.29) is 35.9 Å². The first-order valence-electron chi connectivity index (χ1n) is 10.4. The number of anilines is 1. The Kier molecular flexibility index (Phi) is 5.00. The zero-order chi connectivity index (χ0) is 20.8. The molecule has 1 N–H and O–H groups in total. The van der Waals surface area contributed by atoms with E-state index in [0.29, 0.717) is 19.4 Å². The van der Waals surface area contributed by atoms with Gasteiger partial charge in [-0.3, -0.25) is 14.9 Å². The Labute approximate surface area is 171 Å². The number of benzene rings is 1. The van der Waals surface area contributed by atoms with E-state index in [1.807, 2.05) is 37.8 Å². The summed E-state index contributed by atoms with van der Waals surface area (Å²) in [4.78, 5) is 40.5. The molecule has 3 saturated heterocycles. The maximum Gasteiger partial charge on any atom is 0.410 e. The first-order valence-corrected chi connectivity index (χ1v) is 10.4. The molecule has 3 atom stereocenters. The molecule has 3 heterocycles. The van der Waals surface area contributed by atoms with E-state index in [1.165, 1.54) is 0 Å². The summed E-state index contributed by atoms with van der Waals surface area (Å²) in [5.74, 6) is -0.694. The molecule has 156 valence electrons. The van der Waals surface area contributed by atoms with Crippen molar-refractivity contribution in [2.75, 3.05) is 18.0 Å². The molecule has 0 radical (unpaired) electrons. The zero-order valence-electron chi connectivity index (χ0n) is 17.3. The lowest BCUT2D eigenvalue weighted by atomic mass is 9.90. The van der Waals surface area contributed by atoms with Gasteiger partial charge in [0, 0.05) is 25.2 Å². The van der Waals surface area contributed by atoms with Crippen LogP contribution >= 0.6 is 0 Å². The molecule has 1 aromatic carbocycles. The summed E-state index contributed by atoms with van der Waals surface area (Å²) in [5, 5.41) is 2.44. The summed E-state index contributed by atoms with van der Waals surface area (Å²) in [6.45, 7) is 7.24. The Balaban J connectivity index is 1.49. The van der Waals surface area contributed by atoms with Crippen LogP contribution in [0.4, 0.5) is 10.5 Å². The second-order valence-corrected chi connectivity index (χ2v) is 9.18. The number of amides is 3. The highest BCUT2D eigenvalue weighted by Gasteiger charge is 2.45. The first kappa shape index (κ1) is 19.7. The van der Waals surface area contributed by atoms with Gasteiger partial charge in [-0.25, -0.2) is 4.79 Å². The molecule has 3 aliphatic rings. The summed E-state index contributed by atoms with van der Waals surface area (Å²) < 4.78 is 5.59. The molecule has 29 heavy (non-hydrogen) atoms. The molecular weight excluding hydrogens is 370 g/mol. The topological polar surface area (TPSA) is 79.0 Å². The molecule has 3 aliphatic heterocycles. The average Bonchev–Trinajstić information content (AvgIpc) is 3.22. The molecular formula is C22H29N3O4. The number of likely N-dealkylation sites (tertiary alicyclic amines) is 1. The minimum Gasteiger partial charge on any atom is -0.444 e. The monoisotopic (exact) mass is 399 g/mol. The predicted octanol–water partition coefficient (Wildman–Crippen LogP) is 2.79. The zero-order valence-corrected chi connectivity index (χ0v) is 17.3. The first-order chi connectivity index (χ1) is 13.7. The highest BCUT2D eigenvalue weighted by molar-refractivity contribution is 6.01. The van der Waals surface area contributed by atoms with E-state index >= 15 is 0 Å². The number of carbonyl (C=O) groups is 3. The third-order valence-corrected chi connectivity index (χ3v) is 6.05. The predicted molar refractivity (Wildman–Crippen MR) is 109 cm³/mol. The summed E-state index contributed by atoms with van der Waals surface area (Å²) in [6, 6.07) is 8.48. The number of carbonyl (C=O) groups excluding carboxylic acids is 3. The molecule has 3 fully saturated rings. The standard InChI is InChI=1S/C22H29N3O4/c1-22(2,3)29-21(28)25-12-10-17-18(25)9-11-24(17)15-6-4-5-14(13-15)16-7-8-19(26)23-20(16)27/h4-6,13,16-18H,7-12H2,1-3H3,(H,23,26,27)/t16?,17-,18-/m1/s1. The highest BCUT2D eigenvalue weighted by Crippen LogP contribution is 2.37. The average molecular weight is 399 g/mol. The fraction of sp³-hybridized carbons (Fsp3) is 0.591. The SMILES string of the molecule is CC(C)(C)OC(=O)N1CC[C@@H]2[C@H]1CCN2c1cccc(C2CCC(=O)NC2=O)c1. The van der Waals surface area contributed by atoms with Gasteiger partial charge in [0.05, 0.1) is 18.0 Å². The Morgan fingerprint density at radius 1 is 1.10 bits per heavy atom. The number of rotatable bonds is 2. The van der Waals surface area contributed by atoms with Crippen molar-refractivity contribution in [1.29, 1.82) is 0 Å². The number of nitrogens with zero attached hydrogens (tertiary/aromatic N) is 2. The summed E-state index contributed by atoms with van der Waals surface area (Å²) in [5.41, 5.74) is 1.52. The van der Waals surface area contributed by atoms with E-state index in [0.717, 1.165) is 30.6 Å². The van der Waals surface area contributed by atoms with Crippen molar-refractivity contribution in [2.24, 2.45) is 0 Å². The van der Waals surface area contributed by atoms with Crippen molar-refractivity contribution in [2.45, 2.75) is 70.1 Å². The maximum absolute atomic E-state index is 12.6. The van der Waals surface area contributed by atoms with Crippen molar-refractivity contribution in [3.05, 3.63) is 29.8 Å². The number of ether oxygens (including phenoxy) is 1. The van der Waals surface area contributed by atoms with Crippen molar-refractivity contribution in [3.8, 4) is 0 Å². The van der Waals surface area contributed by atoms with Gasteiger partial charge in [-0.05, 0) is 57.7 Å². The second-order valence-electron chi connectivity index (χ2n) is 9.18. The van der Waals surface area contributed by atoms with Gasteiger partial charge in [0.25, 0.3) is 0 Å². The van der Waals surface area contributed by atoms with Crippen LogP contribution in [-0.4, -0.2) is 53.6 Å². The maximum atomic E-state index is 12.6. The van der Waals surface area contributed by atoms with Gasteiger partial charge in [0.2, 0.25) is 11.8 Å². The van der Waals surface area contributed by atoms with Gasteiger partial charge in [0.15, 0.2) is 0 Å². The minimum atomic E-state index is -0.496. The Hall–Kier alpha value is -2.57. The van der Waals surface area contributed by atoms with Crippen LogP contribution in [0.2, 0.25) is 0 Å². The lowest BCUT2D eigenvalue weighted by Crippen LogP contribution is -2.42. The number of imide groups is 1. The van der Waals surface area contributed by atoms with Crippen LogP contribution in [0.15, 0.2) is 24.3 Å². The number of nitrogens with one attached hydrogen (secondary N) is 1. The molecule has 1 aromatic rings. The van der Waals surface area contributed by atoms with E-state index in [9.17, 15) is 14.4 Å². The van der Waals surface area contributed by atoms with Crippen molar-refractivity contribution in [3.63, 3.8) is 0 Å². The summed E-state index contributed by atoms with van der Waals surface area (Å²) >= 11 is 0. The van der Waals surface area contributed by atoms with E-state index in [2.05, 4.69) is 22.3 Å². The highest BCUT2D eigenvalue weighted by atomic mass is 16.6. The van der Waals surface area contributed by atoms with Gasteiger partial charge < -0.3 is 14.5 Å². The van der Waals surface area contributed by atoms with Crippen LogP contribution in [0.1, 0.15) is 57.9 Å². The fourth-order valence-corrected chi connectivity index (χ4v) is 4.79. The molecule has 4 rings (SSSR count). The molecule has 7 nitrogen and oxygen atoms in total. The smallest absolute Gasteiger partial charge is 0.410 e. The van der Waals surface area contributed by atoms with Gasteiger partial charge in [0.1, 0.15) is 5.60 Å². The van der Waals surface area contributed by atoms with Crippen molar-refractivity contribution < 1.29 is 19.1 Å². The summed E-state index contributed by atoms with van der Waals surface area (Å²) in [7, 11) is 0. The number of hydrogen-bond acceptors (Lipinski definition) is 5. The van der Waals surface area contributed by atoms with Crippen LogP contribution in [0.25, 0.3) is 0 Å². The molecule has 0 aromatic heterocycles. The van der Waals surface area contributed by atoms with Crippen LogP contribution < -0.4 is 10.2 Å². The van der Waals surface area contributed by atoms with Gasteiger partial charge >= 0.3 is 6.09 Å². The number of fused-ring (bicyclic) bond motifs is 1. The lowest BCUT2D eigenvalue weighted by Gasteiger charge is -2.29. The van der Waals surface area contributed by atoms with E-state index in [1.54, 1.807) is 0 Å². The third-order valence-electron chi connectivity index (χ3n) is 6.05. The quantitative estimate of drug-likeness (QED) is 0.774. The third kappa shape index (κ3) is 3.95. The van der Waals surface area contributed by atoms with Crippen LogP contribution in [0.5, 0.6) is 0 Å². The molecule has 7 heteroatoms. The van der Waals surface area contributed by atoms with E-state index < -0.39 is 5.60 Å². The van der Waals surface area contributed by atoms with Crippen LogP contribution in [0.3, 0.4) is 0 Å².